The van der Waals surface area contributed by atoms with Crippen molar-refractivity contribution < 1.29 is 18.9 Å². The Morgan fingerprint density at radius 3 is 2.50 bits per heavy atom. The SMILES string of the molecule is COCCCOCCOc1cccc(OC)c1N. The molecule has 0 unspecified atom stereocenters. The van der Waals surface area contributed by atoms with E-state index >= 15 is 0 Å². The third-order valence-corrected chi connectivity index (χ3v) is 2.37. The lowest BCUT2D eigenvalue weighted by molar-refractivity contribution is 0.0808. The molecule has 0 spiro atoms. The van der Waals surface area contributed by atoms with Gasteiger partial charge in [-0.1, -0.05) is 6.07 Å². The highest BCUT2D eigenvalue weighted by Crippen LogP contribution is 2.30. The number of para-hydroxylation sites is 1. The van der Waals surface area contributed by atoms with Crippen LogP contribution in [-0.2, 0) is 9.47 Å². The van der Waals surface area contributed by atoms with E-state index in [4.69, 9.17) is 24.7 Å². The largest absolute Gasteiger partial charge is 0.494 e. The van der Waals surface area contributed by atoms with Gasteiger partial charge in [-0.15, -0.1) is 0 Å². The molecule has 0 amide bonds. The van der Waals surface area contributed by atoms with Gasteiger partial charge < -0.3 is 24.7 Å². The molecule has 0 aliphatic rings. The highest BCUT2D eigenvalue weighted by molar-refractivity contribution is 5.62. The molecule has 0 aromatic heterocycles. The van der Waals surface area contributed by atoms with E-state index in [1.165, 1.54) is 0 Å². The molecule has 0 fully saturated rings. The summed E-state index contributed by atoms with van der Waals surface area (Å²) in [7, 11) is 3.25. The molecule has 0 radical (unpaired) electrons. The highest BCUT2D eigenvalue weighted by atomic mass is 16.5. The number of ether oxygens (including phenoxy) is 4. The minimum Gasteiger partial charge on any atom is -0.494 e. The Morgan fingerprint density at radius 2 is 1.78 bits per heavy atom. The van der Waals surface area contributed by atoms with Crippen molar-refractivity contribution in [1.29, 1.82) is 0 Å². The molecule has 0 bridgehead atoms. The first-order valence-corrected chi connectivity index (χ1v) is 5.91. The highest BCUT2D eigenvalue weighted by Gasteiger charge is 2.05. The van der Waals surface area contributed by atoms with Gasteiger partial charge in [-0.05, 0) is 18.6 Å². The third kappa shape index (κ3) is 4.81. The van der Waals surface area contributed by atoms with E-state index in [2.05, 4.69) is 0 Å². The lowest BCUT2D eigenvalue weighted by Crippen LogP contribution is -2.09. The van der Waals surface area contributed by atoms with Gasteiger partial charge in [0, 0.05) is 20.3 Å². The summed E-state index contributed by atoms with van der Waals surface area (Å²) in [4.78, 5) is 0. The van der Waals surface area contributed by atoms with Gasteiger partial charge in [0.2, 0.25) is 0 Å². The molecule has 1 aromatic rings. The maximum atomic E-state index is 5.87. The van der Waals surface area contributed by atoms with Gasteiger partial charge in [0.15, 0.2) is 0 Å². The van der Waals surface area contributed by atoms with E-state index in [0.717, 1.165) is 6.42 Å². The van der Waals surface area contributed by atoms with E-state index in [1.807, 2.05) is 12.1 Å². The fraction of sp³-hybridized carbons (Fsp3) is 0.538. The maximum Gasteiger partial charge on any atom is 0.146 e. The minimum atomic E-state index is 0.463. The zero-order chi connectivity index (χ0) is 13.2. The molecule has 0 heterocycles. The molecular formula is C13H21NO4. The molecule has 0 aliphatic carbocycles. The van der Waals surface area contributed by atoms with Crippen molar-refractivity contribution in [1.82, 2.24) is 0 Å². The lowest BCUT2D eigenvalue weighted by atomic mass is 10.3. The Kier molecular flexibility index (Phi) is 6.98. The molecule has 102 valence electrons. The lowest BCUT2D eigenvalue weighted by Gasteiger charge is -2.11. The maximum absolute atomic E-state index is 5.87. The monoisotopic (exact) mass is 255 g/mol. The Balaban J connectivity index is 2.23. The Bertz CT molecular complexity index is 344. The van der Waals surface area contributed by atoms with Gasteiger partial charge in [-0.2, -0.15) is 0 Å². The van der Waals surface area contributed by atoms with Crippen molar-refractivity contribution in [2.45, 2.75) is 6.42 Å². The van der Waals surface area contributed by atoms with Crippen molar-refractivity contribution in [3.8, 4) is 11.5 Å². The molecule has 1 rings (SSSR count). The van der Waals surface area contributed by atoms with Crippen LogP contribution in [0.25, 0.3) is 0 Å². The topological polar surface area (TPSA) is 62.9 Å². The van der Waals surface area contributed by atoms with Gasteiger partial charge in [0.05, 0.1) is 13.7 Å². The van der Waals surface area contributed by atoms with E-state index < -0.39 is 0 Å². The smallest absolute Gasteiger partial charge is 0.146 e. The average molecular weight is 255 g/mol. The van der Waals surface area contributed by atoms with Crippen molar-refractivity contribution in [2.75, 3.05) is 46.4 Å². The summed E-state index contributed by atoms with van der Waals surface area (Å²) in [5.41, 5.74) is 6.38. The van der Waals surface area contributed by atoms with Gasteiger partial charge >= 0.3 is 0 Å². The standard InChI is InChI=1S/C13H21NO4/c1-15-7-4-8-17-9-10-18-12-6-3-5-11(16-2)13(12)14/h3,5-6H,4,7-10,14H2,1-2H3. The molecular weight excluding hydrogens is 234 g/mol. The van der Waals surface area contributed by atoms with Crippen molar-refractivity contribution in [2.24, 2.45) is 0 Å². The van der Waals surface area contributed by atoms with Crippen LogP contribution < -0.4 is 15.2 Å². The predicted octanol–water partition coefficient (Wildman–Crippen LogP) is 1.71. The zero-order valence-electron chi connectivity index (χ0n) is 11.0. The van der Waals surface area contributed by atoms with E-state index in [0.29, 0.717) is 43.6 Å². The summed E-state index contributed by atoms with van der Waals surface area (Å²) in [5.74, 6) is 1.24. The Hall–Kier alpha value is -1.46. The first-order chi connectivity index (χ1) is 8.79. The number of rotatable bonds is 9. The van der Waals surface area contributed by atoms with Crippen molar-refractivity contribution >= 4 is 5.69 Å². The number of benzene rings is 1. The normalized spacial score (nSPS) is 10.3. The van der Waals surface area contributed by atoms with Crippen LogP contribution in [0.2, 0.25) is 0 Å². The third-order valence-electron chi connectivity index (χ3n) is 2.37. The molecule has 0 saturated carbocycles. The van der Waals surface area contributed by atoms with Crippen LogP contribution in [0.5, 0.6) is 11.5 Å². The van der Waals surface area contributed by atoms with Gasteiger partial charge in [0.1, 0.15) is 23.8 Å². The number of hydrogen-bond acceptors (Lipinski definition) is 5. The van der Waals surface area contributed by atoms with Crippen LogP contribution in [-0.4, -0.2) is 40.6 Å². The molecule has 5 nitrogen and oxygen atoms in total. The van der Waals surface area contributed by atoms with E-state index in [-0.39, 0.29) is 0 Å². The molecule has 0 aliphatic heterocycles. The molecule has 1 aromatic carbocycles. The van der Waals surface area contributed by atoms with Gasteiger partial charge in [-0.25, -0.2) is 0 Å². The number of anilines is 1. The Labute approximate surface area is 108 Å². The van der Waals surface area contributed by atoms with Gasteiger partial charge in [0.25, 0.3) is 0 Å². The molecule has 0 saturated heterocycles. The fourth-order valence-corrected chi connectivity index (χ4v) is 1.45. The fourth-order valence-electron chi connectivity index (χ4n) is 1.45. The van der Waals surface area contributed by atoms with Crippen LogP contribution in [0.15, 0.2) is 18.2 Å². The number of nitrogen functional groups attached to an aromatic ring is 1. The second-order valence-corrected chi connectivity index (χ2v) is 3.68. The predicted molar refractivity (Wildman–Crippen MR) is 70.2 cm³/mol. The van der Waals surface area contributed by atoms with Crippen LogP contribution in [0.1, 0.15) is 6.42 Å². The van der Waals surface area contributed by atoms with Crippen LogP contribution in [0.4, 0.5) is 5.69 Å². The summed E-state index contributed by atoms with van der Waals surface area (Å²) in [6, 6.07) is 5.44. The van der Waals surface area contributed by atoms with Crippen molar-refractivity contribution in [3.63, 3.8) is 0 Å². The van der Waals surface area contributed by atoms with Crippen LogP contribution >= 0.6 is 0 Å². The van der Waals surface area contributed by atoms with E-state index in [9.17, 15) is 0 Å². The van der Waals surface area contributed by atoms with Crippen LogP contribution in [0, 0.1) is 0 Å². The average Bonchev–Trinajstić information content (AvgIpc) is 2.39. The second kappa shape index (κ2) is 8.60. The van der Waals surface area contributed by atoms with Gasteiger partial charge in [-0.3, -0.25) is 0 Å². The zero-order valence-corrected chi connectivity index (χ0v) is 11.0. The molecule has 5 heteroatoms. The summed E-state index contributed by atoms with van der Waals surface area (Å²) < 4.78 is 20.9. The molecule has 2 N–H and O–H groups in total. The molecule has 0 atom stereocenters. The summed E-state index contributed by atoms with van der Waals surface area (Å²) in [6.45, 7) is 2.37. The second-order valence-electron chi connectivity index (χ2n) is 3.68. The Morgan fingerprint density at radius 1 is 1.00 bits per heavy atom. The first kappa shape index (κ1) is 14.6. The quantitative estimate of drug-likeness (QED) is 0.537. The van der Waals surface area contributed by atoms with E-state index in [1.54, 1.807) is 20.3 Å². The number of methoxy groups -OCH3 is 2. The molecule has 18 heavy (non-hydrogen) atoms. The number of nitrogens with two attached hydrogens (primary N) is 1. The summed E-state index contributed by atoms with van der Waals surface area (Å²) >= 11 is 0. The summed E-state index contributed by atoms with van der Waals surface area (Å²) in [6.07, 6.45) is 0.887. The minimum absolute atomic E-state index is 0.463. The van der Waals surface area contributed by atoms with Crippen LogP contribution in [0.3, 0.4) is 0 Å². The summed E-state index contributed by atoms with van der Waals surface area (Å²) in [5, 5.41) is 0. The first-order valence-electron chi connectivity index (χ1n) is 5.91. The van der Waals surface area contributed by atoms with Crippen molar-refractivity contribution in [3.05, 3.63) is 18.2 Å². The number of hydrogen-bond donors (Lipinski definition) is 1.